The van der Waals surface area contributed by atoms with Gasteiger partial charge >= 0.3 is 0 Å². The van der Waals surface area contributed by atoms with Crippen molar-refractivity contribution in [1.29, 1.82) is 0 Å². The van der Waals surface area contributed by atoms with Crippen molar-refractivity contribution in [2.45, 2.75) is 6.92 Å². The van der Waals surface area contributed by atoms with E-state index in [-0.39, 0.29) is 0 Å². The third-order valence-electron chi connectivity index (χ3n) is 6.90. The molecule has 0 aliphatic rings. The number of hydrogen-bond donors (Lipinski definition) is 0. The molecule has 0 aliphatic carbocycles. The minimum absolute atomic E-state index is 0.945. The highest BCUT2D eigenvalue weighted by atomic mass is 16.3. The molecule has 1 nitrogen and oxygen atoms in total. The molecule has 0 radical (unpaired) electrons. The Labute approximate surface area is 197 Å². The smallest absolute Gasteiger partial charge is 0.143 e. The van der Waals surface area contributed by atoms with Crippen molar-refractivity contribution in [3.63, 3.8) is 0 Å². The van der Waals surface area contributed by atoms with Gasteiger partial charge in [0.05, 0.1) is 0 Å². The number of para-hydroxylation sites is 1. The number of rotatable bonds is 2. The van der Waals surface area contributed by atoms with Crippen LogP contribution in [-0.2, 0) is 0 Å². The molecule has 6 aromatic carbocycles. The van der Waals surface area contributed by atoms with Crippen LogP contribution in [0.5, 0.6) is 0 Å². The number of aryl methyl sites for hydroxylation is 1. The largest absolute Gasteiger partial charge is 0.455 e. The first-order chi connectivity index (χ1) is 16.8. The van der Waals surface area contributed by atoms with Crippen LogP contribution < -0.4 is 0 Å². The molecule has 0 fully saturated rings. The molecule has 0 N–H and O–H groups in total. The van der Waals surface area contributed by atoms with E-state index in [4.69, 9.17) is 4.42 Å². The minimum atomic E-state index is 0.945. The number of hydrogen-bond acceptors (Lipinski definition) is 1. The summed E-state index contributed by atoms with van der Waals surface area (Å²) in [5.74, 6) is 0. The second-order valence-corrected chi connectivity index (χ2v) is 9.03. The van der Waals surface area contributed by atoms with Gasteiger partial charge in [-0.1, -0.05) is 115 Å². The van der Waals surface area contributed by atoms with E-state index in [2.05, 4.69) is 122 Å². The van der Waals surface area contributed by atoms with Gasteiger partial charge in [0.1, 0.15) is 11.2 Å². The molecule has 0 atom stereocenters. The van der Waals surface area contributed by atoms with Crippen LogP contribution in [0.25, 0.3) is 65.7 Å². The first-order valence-electron chi connectivity index (χ1n) is 11.7. The Morgan fingerprint density at radius 1 is 0.441 bits per heavy atom. The predicted octanol–water partition coefficient (Wildman–Crippen LogP) is 9.53. The van der Waals surface area contributed by atoms with Gasteiger partial charge in [-0.05, 0) is 45.8 Å². The molecule has 1 heteroatoms. The summed E-state index contributed by atoms with van der Waals surface area (Å²) >= 11 is 0. The van der Waals surface area contributed by atoms with Crippen molar-refractivity contribution < 1.29 is 4.42 Å². The van der Waals surface area contributed by atoms with E-state index in [1.54, 1.807) is 0 Å². The third-order valence-corrected chi connectivity index (χ3v) is 6.90. The molecule has 34 heavy (non-hydrogen) atoms. The van der Waals surface area contributed by atoms with Crippen molar-refractivity contribution >= 4 is 43.5 Å². The number of fused-ring (bicyclic) bond motifs is 8. The molecule has 0 aliphatic heterocycles. The summed E-state index contributed by atoms with van der Waals surface area (Å²) in [5, 5.41) is 7.25. The summed E-state index contributed by atoms with van der Waals surface area (Å²) in [5.41, 5.74) is 7.91. The highest BCUT2D eigenvalue weighted by Gasteiger charge is 2.18. The summed E-state index contributed by atoms with van der Waals surface area (Å²) in [6, 6.07) is 41.2. The quantitative estimate of drug-likeness (QED) is 0.247. The first kappa shape index (κ1) is 19.1. The first-order valence-corrected chi connectivity index (χ1v) is 11.7. The molecule has 0 saturated heterocycles. The average molecular weight is 435 g/mol. The third kappa shape index (κ3) is 2.80. The molecule has 0 amide bonds. The van der Waals surface area contributed by atoms with Crippen molar-refractivity contribution in [2.24, 2.45) is 0 Å². The SMILES string of the molecule is Cc1cccc(-c2cccc(-c3cccc4c3oc3c5ccccc5c5ccccc5c43)c2)c1. The van der Waals surface area contributed by atoms with E-state index in [1.807, 2.05) is 0 Å². The Bertz CT molecular complexity index is 1870. The number of furan rings is 1. The second kappa shape index (κ2) is 7.33. The summed E-state index contributed by atoms with van der Waals surface area (Å²) in [7, 11) is 0. The fraction of sp³-hybridized carbons (Fsp3) is 0.0303. The van der Waals surface area contributed by atoms with Crippen LogP contribution in [0.15, 0.2) is 120 Å². The molecule has 160 valence electrons. The normalized spacial score (nSPS) is 11.7. The van der Waals surface area contributed by atoms with E-state index < -0.39 is 0 Å². The lowest BCUT2D eigenvalue weighted by molar-refractivity contribution is 0.674. The van der Waals surface area contributed by atoms with Crippen LogP contribution in [-0.4, -0.2) is 0 Å². The lowest BCUT2D eigenvalue weighted by atomic mass is 9.95. The lowest BCUT2D eigenvalue weighted by Crippen LogP contribution is -1.83. The Balaban J connectivity index is 1.55. The fourth-order valence-corrected chi connectivity index (χ4v) is 5.35. The molecular weight excluding hydrogens is 412 g/mol. The molecule has 0 saturated carbocycles. The van der Waals surface area contributed by atoms with Crippen LogP contribution in [0.3, 0.4) is 0 Å². The maximum Gasteiger partial charge on any atom is 0.143 e. The zero-order valence-corrected chi connectivity index (χ0v) is 18.9. The van der Waals surface area contributed by atoms with Crippen LogP contribution in [0.4, 0.5) is 0 Å². The molecule has 0 unspecified atom stereocenters. The van der Waals surface area contributed by atoms with Crippen molar-refractivity contribution in [3.8, 4) is 22.3 Å². The summed E-state index contributed by atoms with van der Waals surface area (Å²) in [4.78, 5) is 0. The van der Waals surface area contributed by atoms with Crippen LogP contribution in [0.2, 0.25) is 0 Å². The van der Waals surface area contributed by atoms with E-state index >= 15 is 0 Å². The van der Waals surface area contributed by atoms with Gasteiger partial charge in [-0.2, -0.15) is 0 Å². The van der Waals surface area contributed by atoms with Gasteiger partial charge in [0, 0.05) is 21.7 Å². The van der Waals surface area contributed by atoms with E-state index in [0.717, 1.165) is 33.1 Å². The van der Waals surface area contributed by atoms with Gasteiger partial charge in [-0.3, -0.25) is 0 Å². The predicted molar refractivity (Wildman–Crippen MR) is 144 cm³/mol. The zero-order valence-electron chi connectivity index (χ0n) is 18.9. The standard InChI is InChI=1S/C33H22O/c1-21-9-6-10-22(19-21)23-11-7-12-24(20-23)25-17-8-18-30-31-28-15-4-2-13-26(28)27-14-3-5-16-29(27)33(31)34-32(25)30/h2-20H,1H3. The average Bonchev–Trinajstić information content (AvgIpc) is 3.29. The van der Waals surface area contributed by atoms with E-state index in [1.165, 1.54) is 38.2 Å². The lowest BCUT2D eigenvalue weighted by Gasteiger charge is -2.07. The molecule has 0 bridgehead atoms. The maximum absolute atomic E-state index is 6.72. The van der Waals surface area contributed by atoms with Crippen molar-refractivity contribution in [1.82, 2.24) is 0 Å². The summed E-state index contributed by atoms with van der Waals surface area (Å²) in [6.07, 6.45) is 0. The highest BCUT2D eigenvalue weighted by Crippen LogP contribution is 2.43. The monoisotopic (exact) mass is 434 g/mol. The Morgan fingerprint density at radius 2 is 1.03 bits per heavy atom. The molecule has 0 spiro atoms. The van der Waals surface area contributed by atoms with E-state index in [0.29, 0.717) is 0 Å². The summed E-state index contributed by atoms with van der Waals surface area (Å²) in [6.45, 7) is 2.14. The molecular formula is C33H22O. The Kier molecular flexibility index (Phi) is 4.13. The molecule has 1 heterocycles. The van der Waals surface area contributed by atoms with Crippen molar-refractivity contribution in [3.05, 3.63) is 121 Å². The van der Waals surface area contributed by atoms with Gasteiger partial charge in [-0.25, -0.2) is 0 Å². The van der Waals surface area contributed by atoms with Gasteiger partial charge in [0.2, 0.25) is 0 Å². The molecule has 1 aromatic heterocycles. The topological polar surface area (TPSA) is 13.1 Å². The molecule has 7 rings (SSSR count). The maximum atomic E-state index is 6.72. The van der Waals surface area contributed by atoms with Crippen LogP contribution in [0.1, 0.15) is 5.56 Å². The second-order valence-electron chi connectivity index (χ2n) is 9.03. The highest BCUT2D eigenvalue weighted by molar-refractivity contribution is 6.30. The molecule has 7 aromatic rings. The number of benzene rings is 6. The fourth-order valence-electron chi connectivity index (χ4n) is 5.35. The summed E-state index contributed by atoms with van der Waals surface area (Å²) < 4.78 is 6.72. The van der Waals surface area contributed by atoms with Crippen LogP contribution >= 0.6 is 0 Å². The van der Waals surface area contributed by atoms with E-state index in [9.17, 15) is 0 Å². The Morgan fingerprint density at radius 3 is 1.82 bits per heavy atom. The van der Waals surface area contributed by atoms with Crippen LogP contribution in [0, 0.1) is 6.92 Å². The van der Waals surface area contributed by atoms with Gasteiger partial charge in [0.15, 0.2) is 0 Å². The van der Waals surface area contributed by atoms with Crippen molar-refractivity contribution in [2.75, 3.05) is 0 Å². The Hall–Kier alpha value is -4.36. The minimum Gasteiger partial charge on any atom is -0.455 e. The zero-order chi connectivity index (χ0) is 22.6. The van der Waals surface area contributed by atoms with Gasteiger partial charge in [-0.15, -0.1) is 0 Å². The van der Waals surface area contributed by atoms with Gasteiger partial charge < -0.3 is 4.42 Å². The van der Waals surface area contributed by atoms with Gasteiger partial charge in [0.25, 0.3) is 0 Å².